The van der Waals surface area contributed by atoms with Crippen LogP contribution in [-0.2, 0) is 19.1 Å². The van der Waals surface area contributed by atoms with Crippen molar-refractivity contribution in [3.05, 3.63) is 47.2 Å². The van der Waals surface area contributed by atoms with Gasteiger partial charge in [0.05, 0.1) is 13.0 Å². The van der Waals surface area contributed by atoms with Gasteiger partial charge in [-0.25, -0.2) is 8.78 Å². The first-order valence-corrected chi connectivity index (χ1v) is 15.9. The third kappa shape index (κ3) is 5.90. The van der Waals surface area contributed by atoms with E-state index in [4.69, 9.17) is 14.2 Å². The molecule has 2 saturated carbocycles. The number of esters is 1. The molecule has 2 fully saturated rings. The normalized spacial score (nSPS) is 35.0. The molecule has 5 atom stereocenters. The fourth-order valence-corrected chi connectivity index (χ4v) is 8.97. The summed E-state index contributed by atoms with van der Waals surface area (Å²) in [5.74, 6) is 0.412. The molecule has 3 aliphatic heterocycles. The molecule has 3 heterocycles. The highest BCUT2D eigenvalue weighted by Gasteiger charge is 2.53. The molecule has 5 nitrogen and oxygen atoms in total. The first-order chi connectivity index (χ1) is 19.9. The van der Waals surface area contributed by atoms with Crippen molar-refractivity contribution in [2.45, 2.75) is 115 Å². The molecule has 1 spiro atoms. The lowest BCUT2D eigenvalue weighted by molar-refractivity contribution is -0.163. The first-order valence-electron chi connectivity index (χ1n) is 15.9. The van der Waals surface area contributed by atoms with Crippen molar-refractivity contribution in [2.24, 2.45) is 23.2 Å². The zero-order valence-corrected chi connectivity index (χ0v) is 25.2. The average molecular weight is 583 g/mol. The van der Waals surface area contributed by atoms with Crippen LogP contribution in [0.25, 0.3) is 5.57 Å². The number of hydrogen-bond donors (Lipinski definition) is 0. The second kappa shape index (κ2) is 11.1. The topological polar surface area (TPSA) is 61.8 Å². The molecule has 0 radical (unpaired) electrons. The third-order valence-electron chi connectivity index (χ3n) is 10.5. The molecule has 228 valence electrons. The lowest BCUT2D eigenvalue weighted by Gasteiger charge is -2.45. The van der Waals surface area contributed by atoms with Gasteiger partial charge in [0, 0.05) is 36.8 Å². The molecule has 0 N–H and O–H groups in total. The van der Waals surface area contributed by atoms with Gasteiger partial charge in [-0.05, 0) is 114 Å². The molecule has 7 rings (SSSR count). The second-order valence-corrected chi connectivity index (χ2v) is 14.4. The Morgan fingerprint density at radius 1 is 0.929 bits per heavy atom. The highest BCUT2D eigenvalue weighted by atomic mass is 19.1. The van der Waals surface area contributed by atoms with Gasteiger partial charge < -0.3 is 14.2 Å². The zero-order valence-electron chi connectivity index (χ0n) is 25.2. The monoisotopic (exact) mass is 582 g/mol. The summed E-state index contributed by atoms with van der Waals surface area (Å²) in [6, 6.07) is 2.17. The quantitative estimate of drug-likeness (QED) is 0.288. The molecule has 0 saturated heterocycles. The van der Waals surface area contributed by atoms with Gasteiger partial charge in [0.25, 0.3) is 0 Å². The molecule has 1 aromatic carbocycles. The number of halogens is 2. The Morgan fingerprint density at radius 3 is 2.52 bits per heavy atom. The van der Waals surface area contributed by atoms with Gasteiger partial charge in [0.15, 0.2) is 11.6 Å². The van der Waals surface area contributed by atoms with Crippen LogP contribution in [-0.4, -0.2) is 29.6 Å². The molecule has 1 aromatic rings. The smallest absolute Gasteiger partial charge is 0.310 e. The van der Waals surface area contributed by atoms with Crippen LogP contribution in [0.5, 0.6) is 5.75 Å². The van der Waals surface area contributed by atoms with Crippen molar-refractivity contribution in [1.29, 1.82) is 0 Å². The predicted molar refractivity (Wildman–Crippen MR) is 156 cm³/mol. The van der Waals surface area contributed by atoms with Crippen molar-refractivity contribution in [1.82, 2.24) is 0 Å². The van der Waals surface area contributed by atoms with E-state index >= 15 is 0 Å². The lowest BCUT2D eigenvalue weighted by Crippen LogP contribution is -2.45. The van der Waals surface area contributed by atoms with Gasteiger partial charge in [-0.1, -0.05) is 6.08 Å². The highest BCUT2D eigenvalue weighted by Crippen LogP contribution is 2.59. The number of fused-ring (bicyclic) bond motifs is 7. The number of ketones is 1. The van der Waals surface area contributed by atoms with Crippen LogP contribution in [0.15, 0.2) is 30.0 Å². The summed E-state index contributed by atoms with van der Waals surface area (Å²) >= 11 is 0. The van der Waals surface area contributed by atoms with Crippen LogP contribution in [0.4, 0.5) is 8.78 Å². The van der Waals surface area contributed by atoms with Gasteiger partial charge in [0.1, 0.15) is 28.6 Å². The number of ether oxygens (including phenoxy) is 3. The molecule has 5 unspecified atom stereocenters. The van der Waals surface area contributed by atoms with Gasteiger partial charge in [-0.3, -0.25) is 9.59 Å². The Hall–Kier alpha value is -2.70. The minimum atomic E-state index is -0.863. The molecular weight excluding hydrogens is 538 g/mol. The van der Waals surface area contributed by atoms with E-state index in [2.05, 4.69) is 6.08 Å². The van der Waals surface area contributed by atoms with Gasteiger partial charge >= 0.3 is 5.97 Å². The third-order valence-corrected chi connectivity index (χ3v) is 10.5. The molecule has 0 aromatic heterocycles. The predicted octanol–water partition coefficient (Wildman–Crippen LogP) is 8.25. The van der Waals surface area contributed by atoms with Crippen molar-refractivity contribution in [3.63, 3.8) is 0 Å². The number of hydrogen-bond acceptors (Lipinski definition) is 5. The Balaban J connectivity index is 1.37. The number of rotatable bonds is 0. The number of carbonyl (C=O) groups excluding carboxylic acids is 2. The first kappa shape index (κ1) is 29.4. The van der Waals surface area contributed by atoms with Gasteiger partial charge in [0.2, 0.25) is 0 Å². The van der Waals surface area contributed by atoms with Crippen molar-refractivity contribution in [3.8, 4) is 5.75 Å². The van der Waals surface area contributed by atoms with E-state index < -0.39 is 28.8 Å². The summed E-state index contributed by atoms with van der Waals surface area (Å²) < 4.78 is 47.8. The van der Waals surface area contributed by atoms with Crippen LogP contribution in [0.2, 0.25) is 0 Å². The summed E-state index contributed by atoms with van der Waals surface area (Å²) in [7, 11) is 0. The Labute approximate surface area is 248 Å². The number of allylic oxidation sites excluding steroid dienone is 3. The summed E-state index contributed by atoms with van der Waals surface area (Å²) in [6.07, 6.45) is 14.5. The highest BCUT2D eigenvalue weighted by molar-refractivity contribution is 5.80. The molecule has 3 aliphatic carbocycles. The fourth-order valence-electron chi connectivity index (χ4n) is 8.97. The van der Waals surface area contributed by atoms with Gasteiger partial charge in [-0.2, -0.15) is 0 Å². The standard InChI is InChI=1S/C35H44F2O5/c1-33(2)21-34(3)20-30(41-33)26-12-15-35(14-4-5-25(38)19-35)28(26)11-8-22-6-9-23(10-7-22)27-17-24(36)18-29(37)32(27)40-16-13-31(39)42-34/h9,17-18,20,22,26,28H,4-8,10-16,19,21H2,1-3H3. The maximum Gasteiger partial charge on any atom is 0.310 e. The van der Waals surface area contributed by atoms with Crippen LogP contribution in [0.3, 0.4) is 0 Å². The van der Waals surface area contributed by atoms with Crippen LogP contribution < -0.4 is 4.74 Å². The second-order valence-electron chi connectivity index (χ2n) is 14.4. The minimum Gasteiger partial charge on any atom is -0.492 e. The Kier molecular flexibility index (Phi) is 7.76. The maximum atomic E-state index is 14.9. The zero-order chi connectivity index (χ0) is 29.7. The minimum absolute atomic E-state index is 0.000696. The largest absolute Gasteiger partial charge is 0.492 e. The van der Waals surface area contributed by atoms with Crippen molar-refractivity contribution >= 4 is 17.3 Å². The van der Waals surface area contributed by atoms with E-state index in [-0.39, 0.29) is 30.1 Å². The van der Waals surface area contributed by atoms with E-state index in [1.54, 1.807) is 0 Å². The Bertz CT molecular complexity index is 1310. The Morgan fingerprint density at radius 2 is 1.76 bits per heavy atom. The summed E-state index contributed by atoms with van der Waals surface area (Å²) in [6.45, 7) is 5.94. The van der Waals surface area contributed by atoms with Crippen LogP contribution >= 0.6 is 0 Å². The molecule has 4 bridgehead atoms. The average Bonchev–Trinajstić information content (AvgIpc) is 3.23. The van der Waals surface area contributed by atoms with E-state index in [1.165, 1.54) is 6.07 Å². The molecule has 6 aliphatic rings. The summed E-state index contributed by atoms with van der Waals surface area (Å²) in [5.41, 5.74) is -0.0735. The van der Waals surface area contributed by atoms with Crippen molar-refractivity contribution in [2.75, 3.05) is 6.61 Å². The number of benzene rings is 1. The van der Waals surface area contributed by atoms with E-state index in [0.717, 1.165) is 68.8 Å². The summed E-state index contributed by atoms with van der Waals surface area (Å²) in [5, 5.41) is 0. The SMILES string of the molecule is CC1(C)CC2(C)C=C(O1)C1CCC3(CCCC(=O)C3)C1CCC1CC=C(CC1)c1cc(F)cc(F)c1OCCC(=O)O2. The van der Waals surface area contributed by atoms with Crippen molar-refractivity contribution < 1.29 is 32.6 Å². The van der Waals surface area contributed by atoms with E-state index in [9.17, 15) is 18.4 Å². The van der Waals surface area contributed by atoms with E-state index in [0.29, 0.717) is 48.9 Å². The summed E-state index contributed by atoms with van der Waals surface area (Å²) in [4.78, 5) is 25.9. The van der Waals surface area contributed by atoms with Gasteiger partial charge in [-0.15, -0.1) is 0 Å². The number of carbonyl (C=O) groups is 2. The van der Waals surface area contributed by atoms with E-state index in [1.807, 2.05) is 26.8 Å². The molecule has 42 heavy (non-hydrogen) atoms. The van der Waals surface area contributed by atoms with Crippen LogP contribution in [0, 0.1) is 34.8 Å². The fraction of sp³-hybridized carbons (Fsp3) is 0.657. The lowest BCUT2D eigenvalue weighted by atomic mass is 9.63. The van der Waals surface area contributed by atoms with Crippen LogP contribution in [0.1, 0.15) is 110 Å². The molecule has 7 heteroatoms. The number of Topliss-reactive ketones (excluding diaryl/α,β-unsaturated/α-hetero) is 1. The molecule has 0 amide bonds. The maximum absolute atomic E-state index is 14.9. The molecular formula is C35H44F2O5.